The zero-order valence-corrected chi connectivity index (χ0v) is 9.61. The predicted octanol–water partition coefficient (Wildman–Crippen LogP) is 3.65. The summed E-state index contributed by atoms with van der Waals surface area (Å²) in [6.45, 7) is 1.13. The van der Waals surface area contributed by atoms with Gasteiger partial charge in [0.15, 0.2) is 5.78 Å². The average Bonchev–Trinajstić information content (AvgIpc) is 2.00. The number of hydrogen-bond acceptors (Lipinski definition) is 1. The Morgan fingerprint density at radius 3 is 2.27 bits per heavy atom. The van der Waals surface area contributed by atoms with E-state index in [1.807, 2.05) is 0 Å². The largest absolute Gasteiger partial charge is 0.420 e. The van der Waals surface area contributed by atoms with E-state index >= 15 is 0 Å². The lowest BCUT2D eigenvalue weighted by atomic mass is 10.1. The van der Waals surface area contributed by atoms with Crippen molar-refractivity contribution >= 4 is 28.4 Å². The highest BCUT2D eigenvalue weighted by molar-refractivity contribution is 14.1. The SMILES string of the molecule is CC(=O)c1ccc(F)c(C(F)(F)F)c1I. The molecule has 6 heteroatoms. The van der Waals surface area contributed by atoms with Crippen molar-refractivity contribution in [3.05, 3.63) is 32.6 Å². The standard InChI is InChI=1S/C9H5F4IO/c1-4(15)5-2-3-6(10)7(8(5)14)9(11,12)13/h2-3H,1H3. The molecule has 0 aromatic heterocycles. The summed E-state index contributed by atoms with van der Waals surface area (Å²) in [6.07, 6.45) is -4.79. The Kier molecular flexibility index (Phi) is 3.37. The molecule has 0 amide bonds. The summed E-state index contributed by atoms with van der Waals surface area (Å²) < 4.78 is 49.7. The number of ketones is 1. The number of carbonyl (C=O) groups is 1. The number of Topliss-reactive ketones (excluding diaryl/α,β-unsaturated/α-hetero) is 1. The van der Waals surface area contributed by atoms with Gasteiger partial charge >= 0.3 is 6.18 Å². The van der Waals surface area contributed by atoms with Crippen molar-refractivity contribution in [2.75, 3.05) is 0 Å². The normalized spacial score (nSPS) is 11.6. The molecular weight excluding hydrogens is 327 g/mol. The monoisotopic (exact) mass is 332 g/mol. The Bertz CT molecular complexity index is 411. The van der Waals surface area contributed by atoms with Gasteiger partial charge in [-0.2, -0.15) is 13.2 Å². The van der Waals surface area contributed by atoms with Gasteiger partial charge in [0.1, 0.15) is 11.4 Å². The van der Waals surface area contributed by atoms with E-state index in [1.54, 1.807) is 0 Å². The van der Waals surface area contributed by atoms with Crippen molar-refractivity contribution in [2.24, 2.45) is 0 Å². The molecule has 0 N–H and O–H groups in total. The maximum atomic E-state index is 13.0. The van der Waals surface area contributed by atoms with Gasteiger partial charge in [-0.15, -0.1) is 0 Å². The van der Waals surface area contributed by atoms with Crippen molar-refractivity contribution < 1.29 is 22.4 Å². The van der Waals surface area contributed by atoms with Gasteiger partial charge in [-0.25, -0.2) is 4.39 Å². The smallest absolute Gasteiger partial charge is 0.294 e. The van der Waals surface area contributed by atoms with E-state index in [2.05, 4.69) is 0 Å². The molecule has 0 atom stereocenters. The molecule has 82 valence electrons. The lowest BCUT2D eigenvalue weighted by molar-refractivity contribution is -0.140. The van der Waals surface area contributed by atoms with Gasteiger partial charge in [0.05, 0.1) is 0 Å². The second-order valence-corrected chi connectivity index (χ2v) is 3.92. The van der Waals surface area contributed by atoms with Gasteiger partial charge in [-0.05, 0) is 41.6 Å². The number of rotatable bonds is 1. The highest BCUT2D eigenvalue weighted by Gasteiger charge is 2.37. The first-order valence-electron chi connectivity index (χ1n) is 3.81. The third-order valence-corrected chi connectivity index (χ3v) is 2.87. The first kappa shape index (κ1) is 12.4. The molecule has 1 aromatic rings. The van der Waals surface area contributed by atoms with Crippen molar-refractivity contribution in [3.8, 4) is 0 Å². The molecule has 0 heterocycles. The number of benzene rings is 1. The maximum Gasteiger partial charge on any atom is 0.420 e. The molecule has 0 spiro atoms. The Hall–Kier alpha value is -0.660. The lowest BCUT2D eigenvalue weighted by Crippen LogP contribution is -2.13. The highest BCUT2D eigenvalue weighted by Crippen LogP contribution is 2.36. The molecule has 0 fully saturated rings. The van der Waals surface area contributed by atoms with Crippen molar-refractivity contribution in [3.63, 3.8) is 0 Å². The second-order valence-electron chi connectivity index (χ2n) is 2.84. The Labute approximate surface area is 96.6 Å². The Morgan fingerprint density at radius 1 is 1.33 bits per heavy atom. The van der Waals surface area contributed by atoms with Crippen LogP contribution >= 0.6 is 22.6 Å². The molecule has 15 heavy (non-hydrogen) atoms. The zero-order valence-electron chi connectivity index (χ0n) is 7.45. The minimum absolute atomic E-state index is 0.121. The minimum atomic E-state index is -4.79. The number of halogens is 5. The fraction of sp³-hybridized carbons (Fsp3) is 0.222. The predicted molar refractivity (Wildman–Crippen MR) is 54.1 cm³/mol. The first-order chi connectivity index (χ1) is 6.75. The maximum absolute atomic E-state index is 13.0. The molecule has 0 aliphatic rings. The summed E-state index contributed by atoms with van der Waals surface area (Å²) in [6, 6.07) is 1.70. The number of hydrogen-bond donors (Lipinski definition) is 0. The molecule has 1 rings (SSSR count). The Morgan fingerprint density at radius 2 is 1.87 bits per heavy atom. The van der Waals surface area contributed by atoms with Gasteiger partial charge in [0.2, 0.25) is 0 Å². The van der Waals surface area contributed by atoms with Gasteiger partial charge in [0.25, 0.3) is 0 Å². The summed E-state index contributed by atoms with van der Waals surface area (Å²) in [7, 11) is 0. The van der Waals surface area contributed by atoms with Gasteiger partial charge in [-0.1, -0.05) is 0 Å². The summed E-state index contributed by atoms with van der Waals surface area (Å²) in [5.41, 5.74) is -1.50. The second kappa shape index (κ2) is 4.07. The van der Waals surface area contributed by atoms with Crippen LogP contribution in [0, 0.1) is 9.39 Å². The van der Waals surface area contributed by atoms with Crippen LogP contribution in [0.1, 0.15) is 22.8 Å². The third-order valence-electron chi connectivity index (χ3n) is 1.75. The van der Waals surface area contributed by atoms with Crippen LogP contribution in [0.15, 0.2) is 12.1 Å². The summed E-state index contributed by atoms with van der Waals surface area (Å²) in [5.74, 6) is -1.89. The molecule has 1 nitrogen and oxygen atoms in total. The van der Waals surface area contributed by atoms with Crippen LogP contribution in [0.25, 0.3) is 0 Å². The van der Waals surface area contributed by atoms with Crippen LogP contribution in [0.3, 0.4) is 0 Å². The van der Waals surface area contributed by atoms with Crippen LogP contribution < -0.4 is 0 Å². The molecule has 0 aliphatic carbocycles. The summed E-state index contributed by atoms with van der Waals surface area (Å²) in [5, 5.41) is 0. The molecule has 0 radical (unpaired) electrons. The lowest BCUT2D eigenvalue weighted by Gasteiger charge is -2.12. The first-order valence-corrected chi connectivity index (χ1v) is 4.89. The van der Waals surface area contributed by atoms with Crippen LogP contribution in [0.4, 0.5) is 17.6 Å². The van der Waals surface area contributed by atoms with Crippen LogP contribution in [0.2, 0.25) is 0 Å². The molecule has 0 saturated carbocycles. The van der Waals surface area contributed by atoms with E-state index in [0.29, 0.717) is 6.07 Å². The molecule has 0 aliphatic heterocycles. The van der Waals surface area contributed by atoms with Crippen LogP contribution in [-0.4, -0.2) is 5.78 Å². The van der Waals surface area contributed by atoms with Gasteiger partial charge in [0, 0.05) is 9.13 Å². The van der Waals surface area contributed by atoms with Crippen molar-refractivity contribution in [2.45, 2.75) is 13.1 Å². The van der Waals surface area contributed by atoms with E-state index in [-0.39, 0.29) is 5.56 Å². The van der Waals surface area contributed by atoms with E-state index < -0.39 is 26.9 Å². The zero-order chi connectivity index (χ0) is 11.8. The summed E-state index contributed by atoms with van der Waals surface area (Å²) in [4.78, 5) is 11.0. The molecule has 0 saturated heterocycles. The topological polar surface area (TPSA) is 17.1 Å². The highest BCUT2D eigenvalue weighted by atomic mass is 127. The van der Waals surface area contributed by atoms with Gasteiger partial charge in [-0.3, -0.25) is 4.79 Å². The van der Waals surface area contributed by atoms with Gasteiger partial charge < -0.3 is 0 Å². The quantitative estimate of drug-likeness (QED) is 0.436. The fourth-order valence-electron chi connectivity index (χ4n) is 1.08. The molecule has 0 unspecified atom stereocenters. The molecule has 1 aromatic carbocycles. The Balaban J connectivity index is 3.51. The van der Waals surface area contributed by atoms with E-state index in [9.17, 15) is 22.4 Å². The number of alkyl halides is 3. The molecular formula is C9H5F4IO. The number of carbonyl (C=O) groups excluding carboxylic acids is 1. The fourth-order valence-corrected chi connectivity index (χ4v) is 2.21. The van der Waals surface area contributed by atoms with Crippen molar-refractivity contribution in [1.29, 1.82) is 0 Å². The van der Waals surface area contributed by atoms with E-state index in [4.69, 9.17) is 0 Å². The average molecular weight is 332 g/mol. The molecule has 0 bridgehead atoms. The van der Waals surface area contributed by atoms with Crippen LogP contribution in [-0.2, 0) is 6.18 Å². The van der Waals surface area contributed by atoms with Crippen LogP contribution in [0.5, 0.6) is 0 Å². The van der Waals surface area contributed by atoms with E-state index in [1.165, 1.54) is 22.6 Å². The minimum Gasteiger partial charge on any atom is -0.294 e. The summed E-state index contributed by atoms with van der Waals surface area (Å²) >= 11 is 1.33. The van der Waals surface area contributed by atoms with E-state index in [0.717, 1.165) is 13.0 Å². The van der Waals surface area contributed by atoms with Crippen molar-refractivity contribution in [1.82, 2.24) is 0 Å². The third kappa shape index (κ3) is 2.47.